The standard InChI is InChI=1S/C19H18F3N5O2S/c1-3-30(28,29)15-8-12(11-4-5-11)10-24-16(15)18-26-25-17(27(18)2)14-9-13(6-7-23-14)19(20,21)22/h6-11H,3-5H2,1-2H3. The molecule has 7 nitrogen and oxygen atoms in total. The third kappa shape index (κ3) is 3.69. The molecule has 0 aliphatic heterocycles. The molecule has 0 bridgehead atoms. The van der Waals surface area contributed by atoms with Gasteiger partial charge in [0.15, 0.2) is 21.5 Å². The monoisotopic (exact) mass is 437 g/mol. The van der Waals surface area contributed by atoms with Crippen LogP contribution in [0.3, 0.4) is 0 Å². The summed E-state index contributed by atoms with van der Waals surface area (Å²) in [4.78, 5) is 8.36. The van der Waals surface area contributed by atoms with Gasteiger partial charge in [-0.05, 0) is 42.5 Å². The van der Waals surface area contributed by atoms with E-state index in [-0.39, 0.29) is 33.7 Å². The summed E-state index contributed by atoms with van der Waals surface area (Å²) in [5.74, 6) is 0.403. The molecule has 1 fully saturated rings. The van der Waals surface area contributed by atoms with Crippen molar-refractivity contribution in [3.63, 3.8) is 0 Å². The second-order valence-electron chi connectivity index (χ2n) is 7.13. The maximum atomic E-state index is 13.0. The number of pyridine rings is 2. The van der Waals surface area contributed by atoms with Crippen molar-refractivity contribution in [3.05, 3.63) is 41.7 Å². The average molecular weight is 437 g/mol. The number of nitrogens with zero attached hydrogens (tertiary/aromatic N) is 5. The second kappa shape index (κ2) is 7.15. The predicted molar refractivity (Wildman–Crippen MR) is 102 cm³/mol. The zero-order valence-electron chi connectivity index (χ0n) is 16.2. The van der Waals surface area contributed by atoms with Crippen molar-refractivity contribution < 1.29 is 21.6 Å². The van der Waals surface area contributed by atoms with Gasteiger partial charge >= 0.3 is 6.18 Å². The van der Waals surface area contributed by atoms with Gasteiger partial charge < -0.3 is 4.57 Å². The van der Waals surface area contributed by atoms with Crippen molar-refractivity contribution in [1.29, 1.82) is 0 Å². The van der Waals surface area contributed by atoms with Crippen molar-refractivity contribution in [2.45, 2.75) is 36.8 Å². The van der Waals surface area contributed by atoms with E-state index in [1.54, 1.807) is 12.3 Å². The van der Waals surface area contributed by atoms with Gasteiger partial charge in [0.2, 0.25) is 0 Å². The normalized spacial score (nSPS) is 14.8. The van der Waals surface area contributed by atoms with E-state index in [1.165, 1.54) is 18.5 Å². The van der Waals surface area contributed by atoms with E-state index in [1.807, 2.05) is 0 Å². The summed E-state index contributed by atoms with van der Waals surface area (Å²) in [5, 5.41) is 7.97. The maximum absolute atomic E-state index is 13.0. The van der Waals surface area contributed by atoms with E-state index >= 15 is 0 Å². The summed E-state index contributed by atoms with van der Waals surface area (Å²) in [6.07, 6.45) is 0.117. The van der Waals surface area contributed by atoms with Gasteiger partial charge in [-0.25, -0.2) is 8.42 Å². The van der Waals surface area contributed by atoms with Crippen LogP contribution in [0.2, 0.25) is 0 Å². The van der Waals surface area contributed by atoms with Crippen LogP contribution in [0, 0.1) is 0 Å². The highest BCUT2D eigenvalue weighted by Crippen LogP contribution is 2.41. The summed E-state index contributed by atoms with van der Waals surface area (Å²) < 4.78 is 65.9. The molecule has 3 aromatic heterocycles. The number of hydrogen-bond donors (Lipinski definition) is 0. The van der Waals surface area contributed by atoms with Crippen molar-refractivity contribution >= 4 is 9.84 Å². The van der Waals surface area contributed by atoms with Gasteiger partial charge in [-0.3, -0.25) is 9.97 Å². The topological polar surface area (TPSA) is 90.6 Å². The van der Waals surface area contributed by atoms with Crippen molar-refractivity contribution in [3.8, 4) is 23.0 Å². The fourth-order valence-electron chi connectivity index (χ4n) is 3.15. The van der Waals surface area contributed by atoms with Crippen LogP contribution in [0.15, 0.2) is 35.5 Å². The molecule has 158 valence electrons. The molecule has 0 saturated heterocycles. The van der Waals surface area contributed by atoms with Crippen molar-refractivity contribution in [2.75, 3.05) is 5.75 Å². The minimum atomic E-state index is -4.53. The highest BCUT2D eigenvalue weighted by Gasteiger charge is 2.32. The molecule has 0 amide bonds. The molecule has 1 aliphatic carbocycles. The first-order chi connectivity index (χ1) is 14.1. The lowest BCUT2D eigenvalue weighted by atomic mass is 10.2. The smallest absolute Gasteiger partial charge is 0.307 e. The summed E-state index contributed by atoms with van der Waals surface area (Å²) in [7, 11) is -2.08. The van der Waals surface area contributed by atoms with Gasteiger partial charge in [-0.1, -0.05) is 6.92 Å². The Hall–Kier alpha value is -2.82. The number of aromatic nitrogens is 5. The Morgan fingerprint density at radius 1 is 1.13 bits per heavy atom. The van der Waals surface area contributed by atoms with Gasteiger partial charge in [0, 0.05) is 19.4 Å². The molecule has 0 unspecified atom stereocenters. The molecular formula is C19H18F3N5O2S. The zero-order chi connectivity index (χ0) is 21.7. The lowest BCUT2D eigenvalue weighted by molar-refractivity contribution is -0.137. The average Bonchev–Trinajstić information content (AvgIpc) is 3.49. The minimum absolute atomic E-state index is 0.0272. The molecule has 30 heavy (non-hydrogen) atoms. The number of hydrogen-bond acceptors (Lipinski definition) is 6. The van der Waals surface area contributed by atoms with Crippen LogP contribution in [0.4, 0.5) is 13.2 Å². The fraction of sp³-hybridized carbons (Fsp3) is 0.368. The van der Waals surface area contributed by atoms with Crippen LogP contribution in [-0.4, -0.2) is 38.9 Å². The van der Waals surface area contributed by atoms with E-state index in [9.17, 15) is 21.6 Å². The Bertz CT molecular complexity index is 1220. The molecule has 3 aromatic rings. The molecule has 3 heterocycles. The number of sulfone groups is 1. The molecule has 1 aliphatic rings. The molecular weight excluding hydrogens is 419 g/mol. The Labute approximate surface area is 170 Å². The van der Waals surface area contributed by atoms with E-state index in [4.69, 9.17) is 0 Å². The summed E-state index contributed by atoms with van der Waals surface area (Å²) in [6, 6.07) is 3.36. The van der Waals surface area contributed by atoms with Crippen LogP contribution in [0.1, 0.15) is 36.8 Å². The molecule has 4 rings (SSSR count). The van der Waals surface area contributed by atoms with Crippen LogP contribution >= 0.6 is 0 Å². The largest absolute Gasteiger partial charge is 0.416 e. The van der Waals surface area contributed by atoms with E-state index < -0.39 is 21.6 Å². The molecule has 0 N–H and O–H groups in total. The van der Waals surface area contributed by atoms with E-state index in [2.05, 4.69) is 20.2 Å². The van der Waals surface area contributed by atoms with Crippen molar-refractivity contribution in [1.82, 2.24) is 24.7 Å². The maximum Gasteiger partial charge on any atom is 0.416 e. The summed E-state index contributed by atoms with van der Waals surface area (Å²) >= 11 is 0. The highest BCUT2D eigenvalue weighted by molar-refractivity contribution is 7.91. The first kappa shape index (κ1) is 20.5. The van der Waals surface area contributed by atoms with Crippen LogP contribution in [0.5, 0.6) is 0 Å². The number of rotatable bonds is 5. The molecule has 0 radical (unpaired) electrons. The van der Waals surface area contributed by atoms with Gasteiger partial charge in [-0.2, -0.15) is 13.2 Å². The van der Waals surface area contributed by atoms with Crippen LogP contribution < -0.4 is 0 Å². The quantitative estimate of drug-likeness (QED) is 0.606. The lowest BCUT2D eigenvalue weighted by Gasteiger charge is -2.11. The van der Waals surface area contributed by atoms with E-state index in [0.29, 0.717) is 5.92 Å². The van der Waals surface area contributed by atoms with Gasteiger partial charge in [-0.15, -0.1) is 10.2 Å². The molecule has 11 heteroatoms. The zero-order valence-corrected chi connectivity index (χ0v) is 17.0. The predicted octanol–water partition coefficient (Wildman–Crippen LogP) is 3.63. The third-order valence-corrected chi connectivity index (χ3v) is 6.78. The number of alkyl halides is 3. The fourth-order valence-corrected chi connectivity index (χ4v) is 4.21. The highest BCUT2D eigenvalue weighted by atomic mass is 32.2. The van der Waals surface area contributed by atoms with Crippen molar-refractivity contribution in [2.24, 2.45) is 7.05 Å². The Kier molecular flexibility index (Phi) is 4.88. The first-order valence-corrected chi connectivity index (χ1v) is 10.9. The first-order valence-electron chi connectivity index (χ1n) is 9.28. The molecule has 0 spiro atoms. The van der Waals surface area contributed by atoms with Gasteiger partial charge in [0.05, 0.1) is 16.2 Å². The minimum Gasteiger partial charge on any atom is -0.307 e. The summed E-state index contributed by atoms with van der Waals surface area (Å²) in [6.45, 7) is 1.54. The van der Waals surface area contributed by atoms with E-state index in [0.717, 1.165) is 36.7 Å². The molecule has 0 aromatic carbocycles. The Morgan fingerprint density at radius 2 is 1.83 bits per heavy atom. The molecule has 0 atom stereocenters. The Morgan fingerprint density at radius 3 is 2.47 bits per heavy atom. The van der Waals surface area contributed by atoms with Gasteiger partial charge in [0.25, 0.3) is 0 Å². The number of halogens is 3. The van der Waals surface area contributed by atoms with Crippen LogP contribution in [0.25, 0.3) is 23.0 Å². The SMILES string of the molecule is CCS(=O)(=O)c1cc(C2CC2)cnc1-c1nnc(-c2cc(C(F)(F)F)ccn2)n1C. The van der Waals surface area contributed by atoms with Gasteiger partial charge in [0.1, 0.15) is 11.4 Å². The third-order valence-electron chi connectivity index (χ3n) is 5.04. The second-order valence-corrected chi connectivity index (χ2v) is 9.37. The Balaban J connectivity index is 1.83. The van der Waals surface area contributed by atoms with Crippen LogP contribution in [-0.2, 0) is 23.1 Å². The summed E-state index contributed by atoms with van der Waals surface area (Å²) in [5.41, 5.74) is 0.0842. The lowest BCUT2D eigenvalue weighted by Crippen LogP contribution is -2.10. The molecule has 1 saturated carbocycles.